The number of aliphatic hydroxyl groups excluding tert-OH is 3. The van der Waals surface area contributed by atoms with E-state index in [2.05, 4.69) is 334 Å². The van der Waals surface area contributed by atoms with Crippen molar-refractivity contribution in [3.63, 3.8) is 0 Å². The molecule has 0 radical (unpaired) electrons. The summed E-state index contributed by atoms with van der Waals surface area (Å²) < 4.78 is 18.3. The zero-order chi connectivity index (χ0) is 74.7. The van der Waals surface area contributed by atoms with Gasteiger partial charge in [0, 0.05) is 5.41 Å². The van der Waals surface area contributed by atoms with Gasteiger partial charge < -0.3 is 29.5 Å². The van der Waals surface area contributed by atoms with Crippen molar-refractivity contribution in [3.8, 4) is 86.2 Å². The van der Waals surface area contributed by atoms with Crippen molar-refractivity contribution in [1.82, 2.24) is 0 Å². The van der Waals surface area contributed by atoms with Gasteiger partial charge in [-0.15, -0.1) is 17.8 Å². The van der Waals surface area contributed by atoms with Crippen LogP contribution in [-0.4, -0.2) is 35.1 Å². The highest BCUT2D eigenvalue weighted by Gasteiger charge is 2.50. The summed E-state index contributed by atoms with van der Waals surface area (Å²) in [5.74, 6) is 20.2. The Morgan fingerprint density at radius 2 is 0.518 bits per heavy atom. The lowest BCUT2D eigenvalue weighted by Gasteiger charge is -2.38. The van der Waals surface area contributed by atoms with Crippen molar-refractivity contribution in [1.29, 1.82) is 0 Å². The number of benzene rings is 15. The van der Waals surface area contributed by atoms with Crippen molar-refractivity contribution in [2.45, 2.75) is 69.2 Å². The molecular formula is C104H78O6. The lowest BCUT2D eigenvalue weighted by molar-refractivity contribution is 0.281. The molecule has 15 aromatic rings. The first-order chi connectivity index (χ1) is 54.1. The van der Waals surface area contributed by atoms with E-state index < -0.39 is 21.7 Å². The van der Waals surface area contributed by atoms with Crippen LogP contribution in [0.3, 0.4) is 0 Å². The molecule has 110 heavy (non-hydrogen) atoms. The van der Waals surface area contributed by atoms with E-state index in [1.807, 2.05) is 39.0 Å². The second-order valence-electron chi connectivity index (χ2n) is 29.2. The molecule has 3 aliphatic rings. The van der Waals surface area contributed by atoms with Crippen LogP contribution in [0.2, 0.25) is 0 Å². The summed E-state index contributed by atoms with van der Waals surface area (Å²) in [4.78, 5) is 0. The van der Waals surface area contributed by atoms with Gasteiger partial charge in [0.1, 0.15) is 37.1 Å². The normalized spacial score (nSPS) is 16.5. The topological polar surface area (TPSA) is 88.4 Å². The fraction of sp³-hybridized carbons (Fsp3) is 0.135. The summed E-state index contributed by atoms with van der Waals surface area (Å²) in [7, 11) is 0. The molecule has 0 bridgehead atoms. The molecule has 0 fully saturated rings. The second kappa shape index (κ2) is 28.0. The predicted octanol–water partition coefficient (Wildman–Crippen LogP) is 21.3. The fourth-order valence-electron chi connectivity index (χ4n) is 18.5. The molecule has 0 heterocycles. The van der Waals surface area contributed by atoms with Gasteiger partial charge >= 0.3 is 0 Å². The number of aliphatic hydroxyl groups is 3. The lowest BCUT2D eigenvalue weighted by atomic mass is 9.64. The van der Waals surface area contributed by atoms with Gasteiger partial charge in [0.15, 0.2) is 0 Å². The quantitative estimate of drug-likeness (QED) is 0.0586. The molecule has 0 saturated heterocycles. The minimum Gasteiger partial charge on any atom is -0.481 e. The van der Waals surface area contributed by atoms with Crippen LogP contribution in [0, 0.1) is 35.5 Å². The van der Waals surface area contributed by atoms with E-state index in [0.717, 1.165) is 166 Å². The van der Waals surface area contributed by atoms with Crippen molar-refractivity contribution < 1.29 is 29.5 Å². The third kappa shape index (κ3) is 10.9. The molecular weight excluding hydrogens is 1350 g/mol. The summed E-state index contributed by atoms with van der Waals surface area (Å²) in [6.07, 6.45) is 0. The van der Waals surface area contributed by atoms with Crippen LogP contribution < -0.4 is 14.2 Å². The summed E-state index contributed by atoms with van der Waals surface area (Å²) in [5.41, 5.74) is 22.8. The van der Waals surface area contributed by atoms with E-state index in [0.29, 0.717) is 19.8 Å². The monoisotopic (exact) mass is 1420 g/mol. The zero-order valence-electron chi connectivity index (χ0n) is 61.8. The van der Waals surface area contributed by atoms with Gasteiger partial charge in [-0.2, -0.15) is 0 Å². The van der Waals surface area contributed by atoms with Crippen molar-refractivity contribution >= 4 is 32.3 Å². The molecule has 3 N–H and O–H groups in total. The van der Waals surface area contributed by atoms with Gasteiger partial charge in [-0.3, -0.25) is 0 Å². The maximum absolute atomic E-state index is 11.0. The van der Waals surface area contributed by atoms with Crippen molar-refractivity contribution in [2.24, 2.45) is 0 Å². The molecule has 18 rings (SSSR count). The molecule has 3 atom stereocenters. The Morgan fingerprint density at radius 1 is 0.264 bits per heavy atom. The molecule has 15 aromatic carbocycles. The summed E-state index contributed by atoms with van der Waals surface area (Å²) in [6, 6.07) is 113. The van der Waals surface area contributed by atoms with E-state index in [9.17, 15) is 15.3 Å². The minimum absolute atomic E-state index is 0.103. The van der Waals surface area contributed by atoms with E-state index in [4.69, 9.17) is 14.2 Å². The first-order valence-electron chi connectivity index (χ1n) is 37.6. The smallest absolute Gasteiger partial charge is 0.149 e. The molecule has 3 aliphatic carbocycles. The highest BCUT2D eigenvalue weighted by atomic mass is 16.5. The summed E-state index contributed by atoms with van der Waals surface area (Å²) in [6.45, 7) is 8.47. The highest BCUT2D eigenvalue weighted by molar-refractivity contribution is 5.94. The fourth-order valence-corrected chi connectivity index (χ4v) is 18.5. The summed E-state index contributed by atoms with van der Waals surface area (Å²) in [5, 5.41) is 39.4. The molecule has 530 valence electrons. The Balaban J connectivity index is 0.846. The number of ether oxygens (including phenoxy) is 3. The number of hydrogen-bond acceptors (Lipinski definition) is 6. The Kier molecular flexibility index (Phi) is 17.5. The standard InChI is InChI=1S/C104H78O6/c1-5-8-53-108-86-47-29-71-59-83(32-26-74(71)62-86)102(95-20-14-11-17-89(95)92-50-23-68(65-105)56-98(92)102)80-41-35-77(36-42-80)101(4,78-37-43-81(44-38-78)103(84-33-27-75-63-87(109-54-9-6-2)48-30-72(75)60-84)96-21-15-12-18-90(96)93-51-24-69(66-106)57-99(93)103)79-39-45-82(46-40-79)104(85-34-28-76-64-88(110-55-10-7-3)49-31-73(76)61-85)97-22-16-13-19-91(97)94-52-25-70(67-107)58-100(94)104/h11-52,56-64,105-107H,53-55,65-67H2,1-4H3. The van der Waals surface area contributed by atoms with Crippen LogP contribution in [0.4, 0.5) is 0 Å². The van der Waals surface area contributed by atoms with E-state index >= 15 is 0 Å². The average Bonchev–Trinajstić information content (AvgIpc) is 1.53. The lowest BCUT2D eigenvalue weighted by Crippen LogP contribution is -2.31. The Bertz CT molecular complexity index is 5770. The molecule has 0 aliphatic heterocycles. The minimum atomic E-state index is -0.813. The van der Waals surface area contributed by atoms with Crippen LogP contribution in [-0.2, 0) is 41.5 Å². The van der Waals surface area contributed by atoms with Gasteiger partial charge in [0.05, 0.1) is 36.1 Å². The first-order valence-corrected chi connectivity index (χ1v) is 37.6. The van der Waals surface area contributed by atoms with E-state index in [-0.39, 0.29) is 19.8 Å². The van der Waals surface area contributed by atoms with Gasteiger partial charge in [-0.1, -0.05) is 273 Å². The van der Waals surface area contributed by atoms with Crippen LogP contribution in [0.1, 0.15) is 128 Å². The van der Waals surface area contributed by atoms with Crippen LogP contribution in [0.15, 0.2) is 309 Å². The van der Waals surface area contributed by atoms with Crippen LogP contribution in [0.25, 0.3) is 65.7 Å². The first kappa shape index (κ1) is 68.8. The van der Waals surface area contributed by atoms with E-state index in [1.165, 1.54) is 16.7 Å². The largest absolute Gasteiger partial charge is 0.481 e. The number of fused-ring (bicyclic) bond motifs is 12. The number of hydrogen-bond donors (Lipinski definition) is 3. The Hall–Kier alpha value is -13.0. The van der Waals surface area contributed by atoms with Gasteiger partial charge in [0.2, 0.25) is 0 Å². The maximum atomic E-state index is 11.0. The molecule has 0 saturated carbocycles. The Morgan fingerprint density at radius 3 is 0.800 bits per heavy atom. The maximum Gasteiger partial charge on any atom is 0.149 e. The SMILES string of the molecule is CC#CCOc1ccc2cc(C3(c4ccc(C(C)(c5ccc(C6(c7ccc8cc(OCC#CC)ccc8c7)c7ccccc7-c7ccc(CO)cc76)cc5)c5ccc(C6(c7ccc8cc(OCC#CC)ccc8c7)c7ccccc7-c7ccc(CO)cc76)cc5)cc4)c4ccccc4-c4ccc(CO)cc43)ccc2c1. The highest BCUT2D eigenvalue weighted by Crippen LogP contribution is 2.61. The second-order valence-corrected chi connectivity index (χ2v) is 29.2. The van der Waals surface area contributed by atoms with E-state index in [1.54, 1.807) is 0 Å². The van der Waals surface area contributed by atoms with Gasteiger partial charge in [-0.05, 0) is 248 Å². The zero-order valence-corrected chi connectivity index (χ0v) is 61.8. The average molecular weight is 1420 g/mol. The molecule has 6 nitrogen and oxygen atoms in total. The number of rotatable bonds is 18. The molecule has 0 amide bonds. The van der Waals surface area contributed by atoms with Crippen LogP contribution >= 0.6 is 0 Å². The summed E-state index contributed by atoms with van der Waals surface area (Å²) >= 11 is 0. The van der Waals surface area contributed by atoms with Crippen LogP contribution in [0.5, 0.6) is 17.2 Å². The third-order valence-corrected chi connectivity index (χ3v) is 23.8. The van der Waals surface area contributed by atoms with Crippen molar-refractivity contribution in [2.75, 3.05) is 19.8 Å². The molecule has 3 unspecified atom stereocenters. The van der Waals surface area contributed by atoms with Crippen molar-refractivity contribution in [3.05, 3.63) is 410 Å². The molecule has 6 heteroatoms. The molecule has 0 aromatic heterocycles. The third-order valence-electron chi connectivity index (χ3n) is 23.8. The van der Waals surface area contributed by atoms with Gasteiger partial charge in [-0.25, -0.2) is 0 Å². The van der Waals surface area contributed by atoms with Gasteiger partial charge in [0.25, 0.3) is 0 Å². The Labute approximate surface area is 642 Å². The molecule has 0 spiro atoms. The predicted molar refractivity (Wildman–Crippen MR) is 444 cm³/mol.